The lowest BCUT2D eigenvalue weighted by atomic mass is 9.48. The molecule has 17 heteroatoms. The largest absolute Gasteiger partial charge is 0.481 e. The monoisotopic (exact) mass is 969 g/mol. The van der Waals surface area contributed by atoms with E-state index in [2.05, 4.69) is 17.6 Å². The van der Waals surface area contributed by atoms with Gasteiger partial charge >= 0.3 is 18.2 Å². The standard InChI is InChI=1S/C51H76F4N2O11/c1-11-37(44(60)61)39-15-14-29(5)49(65-39)23-22-46(49,9)43(59)31(7)41(58)38(12-2)42-28(4)24-30(6)50(66-42)21-17-35(56-45(62)57-36-26-33(51(53,54)55)25-34(52)27-36)16-19-47(10,67-68-50)40-18-20-48(63,13-3)32(8)64-40/h17,21,25-32,35,37-40,42-43,59,63H,11-16,18-20,22-24H2,1-10H3,(H,60,61)(H2,56,57,62)/b21-17-/t28-,29-,30+,31+,32-,35-,37+,38-,39+,40+,42-,43+,46+,47-,48+,49+,50-/m0/s1. The van der Waals surface area contributed by atoms with Crippen LogP contribution in [0.1, 0.15) is 152 Å². The third-order valence-electron chi connectivity index (χ3n) is 17.2. The molecule has 1 saturated carbocycles. The minimum absolute atomic E-state index is 0.0248. The third-order valence-corrected chi connectivity index (χ3v) is 17.2. The van der Waals surface area contributed by atoms with Crippen LogP contribution in [0.25, 0.3) is 0 Å². The molecule has 5 aliphatic rings. The number of hydrogen-bond donors (Lipinski definition) is 5. The van der Waals surface area contributed by atoms with Gasteiger partial charge in [0.1, 0.15) is 17.2 Å². The lowest BCUT2D eigenvalue weighted by Crippen LogP contribution is -2.70. The molecule has 4 fully saturated rings. The number of aliphatic carboxylic acids is 1. The van der Waals surface area contributed by atoms with E-state index in [1.54, 1.807) is 26.0 Å². The number of carbonyl (C=O) groups is 3. The molecule has 0 bridgehead atoms. The topological polar surface area (TPSA) is 182 Å². The summed E-state index contributed by atoms with van der Waals surface area (Å²) in [5, 5.41) is 38.8. The van der Waals surface area contributed by atoms with Gasteiger partial charge in [0.15, 0.2) is 0 Å². The second-order valence-electron chi connectivity index (χ2n) is 21.4. The number of alkyl halides is 3. The van der Waals surface area contributed by atoms with E-state index in [4.69, 9.17) is 24.0 Å². The first kappa shape index (κ1) is 54.1. The fraction of sp³-hybridized carbons (Fsp3) is 0.784. The third kappa shape index (κ3) is 10.4. The number of aliphatic hydroxyl groups is 2. The van der Waals surface area contributed by atoms with E-state index in [-0.39, 0.29) is 30.5 Å². The number of carboxylic acid groups (broad SMARTS) is 1. The van der Waals surface area contributed by atoms with Gasteiger partial charge in [-0.1, -0.05) is 61.5 Å². The first-order chi connectivity index (χ1) is 31.7. The van der Waals surface area contributed by atoms with Crippen LogP contribution in [0, 0.1) is 46.7 Å². The Balaban J connectivity index is 1.28. The Kier molecular flexibility index (Phi) is 16.3. The van der Waals surface area contributed by atoms with E-state index in [1.165, 1.54) is 0 Å². The maximum Gasteiger partial charge on any atom is 0.416 e. The molecule has 2 amide bonds. The predicted molar refractivity (Wildman–Crippen MR) is 244 cm³/mol. The number of halogens is 4. The number of ether oxygens (including phenoxy) is 3. The van der Waals surface area contributed by atoms with Gasteiger partial charge < -0.3 is 40.2 Å². The maximum absolute atomic E-state index is 15.0. The summed E-state index contributed by atoms with van der Waals surface area (Å²) in [5.74, 6) is -6.73. The Bertz CT molecular complexity index is 2010. The van der Waals surface area contributed by atoms with Gasteiger partial charge in [0.25, 0.3) is 0 Å². The molecule has 384 valence electrons. The fourth-order valence-corrected chi connectivity index (χ4v) is 12.3. The van der Waals surface area contributed by atoms with Gasteiger partial charge in [0.2, 0.25) is 5.79 Å². The highest BCUT2D eigenvalue weighted by molar-refractivity contribution is 5.89. The number of ketones is 1. The molecule has 5 N–H and O–H groups in total. The molecule has 0 aromatic heterocycles. The molecule has 4 heterocycles. The van der Waals surface area contributed by atoms with E-state index in [0.29, 0.717) is 69.9 Å². The van der Waals surface area contributed by atoms with E-state index in [0.717, 1.165) is 12.5 Å². The first-order valence-electron chi connectivity index (χ1n) is 24.9. The SMILES string of the molecule is CC[C@@H](C(=O)[C@@H](C)[C@@H](O)[C@@]1(C)CC[C@]12O[C@@H]([C@@H](CC)C(=O)O)CC[C@@H]2C)[C@H]1O[C@]2(/C=C\[C@@H](NC(=O)Nc3cc(F)cc(C(F)(F)F)c3)CC[C@@](C)([C@H]3CC[C@](O)(CC)[C@H](C)O3)OO2)[C@H](C)C[C@@H]1C. The maximum atomic E-state index is 15.0. The van der Waals surface area contributed by atoms with Crippen LogP contribution in [0.5, 0.6) is 0 Å². The molecular weight excluding hydrogens is 893 g/mol. The zero-order chi connectivity index (χ0) is 50.4. The molecule has 6 rings (SSSR count). The number of hydrogen-bond acceptors (Lipinski definition) is 10. The Morgan fingerprint density at radius 2 is 1.57 bits per heavy atom. The number of urea groups is 1. The van der Waals surface area contributed by atoms with Gasteiger partial charge in [0, 0.05) is 34.9 Å². The molecule has 0 unspecified atom stereocenters. The number of carbonyl (C=O) groups excluding carboxylic acids is 2. The van der Waals surface area contributed by atoms with Gasteiger partial charge in [0.05, 0.1) is 53.2 Å². The number of rotatable bonds is 13. The van der Waals surface area contributed by atoms with Crippen molar-refractivity contribution in [3.05, 3.63) is 41.7 Å². The van der Waals surface area contributed by atoms with Crippen molar-refractivity contribution in [2.45, 2.75) is 212 Å². The summed E-state index contributed by atoms with van der Waals surface area (Å²) in [6.07, 6.45) is 0.542. The average Bonchev–Trinajstić information content (AvgIpc) is 3.34. The first-order valence-corrected chi connectivity index (χ1v) is 24.9. The minimum atomic E-state index is -4.85. The summed E-state index contributed by atoms with van der Waals surface area (Å²) in [5.41, 5.74) is -5.55. The molecule has 2 spiro atoms. The van der Waals surface area contributed by atoms with Crippen LogP contribution in [0.2, 0.25) is 0 Å². The van der Waals surface area contributed by atoms with Crippen LogP contribution in [-0.2, 0) is 39.8 Å². The van der Waals surface area contributed by atoms with Gasteiger partial charge in [-0.15, -0.1) is 0 Å². The van der Waals surface area contributed by atoms with Crippen molar-refractivity contribution >= 4 is 23.5 Å². The molecule has 1 aliphatic carbocycles. The summed E-state index contributed by atoms with van der Waals surface area (Å²) < 4.78 is 75.2. The highest BCUT2D eigenvalue weighted by Crippen LogP contribution is 2.63. The second kappa shape index (κ2) is 20.5. The van der Waals surface area contributed by atoms with Crippen molar-refractivity contribution in [3.8, 4) is 0 Å². The number of nitrogens with one attached hydrogen (secondary N) is 2. The quantitative estimate of drug-likeness (QED) is 0.0721. The number of benzene rings is 1. The average molecular weight is 969 g/mol. The minimum Gasteiger partial charge on any atom is -0.481 e. The summed E-state index contributed by atoms with van der Waals surface area (Å²) in [6.45, 7) is 18.9. The second-order valence-corrected chi connectivity index (χ2v) is 21.4. The van der Waals surface area contributed by atoms with E-state index in [9.17, 15) is 47.3 Å². The Morgan fingerprint density at radius 3 is 2.16 bits per heavy atom. The van der Waals surface area contributed by atoms with Crippen molar-refractivity contribution in [2.24, 2.45) is 40.9 Å². The molecule has 4 aliphatic heterocycles. The smallest absolute Gasteiger partial charge is 0.416 e. The summed E-state index contributed by atoms with van der Waals surface area (Å²) in [7, 11) is 0. The fourth-order valence-electron chi connectivity index (χ4n) is 12.3. The molecule has 1 aromatic carbocycles. The molecular formula is C51H76F4N2O11. The summed E-state index contributed by atoms with van der Waals surface area (Å²) in [6, 6.07) is 0.0929. The van der Waals surface area contributed by atoms with Crippen LogP contribution in [-0.4, -0.2) is 92.3 Å². The molecule has 3 saturated heterocycles. The van der Waals surface area contributed by atoms with E-state index < -0.39 is 123 Å². The molecule has 68 heavy (non-hydrogen) atoms. The highest BCUT2D eigenvalue weighted by atomic mass is 19.4. The van der Waals surface area contributed by atoms with Crippen LogP contribution >= 0.6 is 0 Å². The summed E-state index contributed by atoms with van der Waals surface area (Å²) in [4.78, 5) is 53.7. The number of anilines is 1. The number of amides is 2. The zero-order valence-electron chi connectivity index (χ0n) is 41.4. The number of aliphatic hydroxyl groups excluding tert-OH is 1. The van der Waals surface area contributed by atoms with E-state index >= 15 is 0 Å². The number of Topliss-reactive ketones (excluding diaryl/α,β-unsaturated/α-hetero) is 1. The van der Waals surface area contributed by atoms with Crippen LogP contribution in [0.15, 0.2) is 30.4 Å². The van der Waals surface area contributed by atoms with Gasteiger partial charge in [-0.3, -0.25) is 9.59 Å². The lowest BCUT2D eigenvalue weighted by molar-refractivity contribution is -0.486. The van der Waals surface area contributed by atoms with Crippen molar-refractivity contribution in [3.63, 3.8) is 0 Å². The van der Waals surface area contributed by atoms with Crippen LogP contribution in [0.4, 0.5) is 28.0 Å². The van der Waals surface area contributed by atoms with Gasteiger partial charge in [-0.05, 0) is 127 Å². The van der Waals surface area contributed by atoms with Crippen molar-refractivity contribution < 1.29 is 71.3 Å². The summed E-state index contributed by atoms with van der Waals surface area (Å²) >= 11 is 0. The van der Waals surface area contributed by atoms with Crippen molar-refractivity contribution in [1.29, 1.82) is 0 Å². The van der Waals surface area contributed by atoms with Crippen molar-refractivity contribution in [2.75, 3.05) is 5.32 Å². The zero-order valence-corrected chi connectivity index (χ0v) is 41.4. The molecule has 13 nitrogen and oxygen atoms in total. The molecule has 1 aromatic rings. The Labute approximate surface area is 398 Å². The Hall–Kier alpha value is -3.19. The highest BCUT2D eigenvalue weighted by Gasteiger charge is 2.66. The molecule has 0 radical (unpaired) electrons. The normalized spacial score (nSPS) is 40.1. The van der Waals surface area contributed by atoms with Crippen LogP contribution in [0.3, 0.4) is 0 Å². The Morgan fingerprint density at radius 1 is 0.882 bits per heavy atom. The molecule has 17 atom stereocenters. The van der Waals surface area contributed by atoms with Crippen LogP contribution < -0.4 is 10.6 Å². The lowest BCUT2D eigenvalue weighted by Gasteiger charge is -2.65. The number of carboxylic acids is 1. The van der Waals surface area contributed by atoms with Gasteiger partial charge in [-0.25, -0.2) is 14.1 Å². The predicted octanol–water partition coefficient (Wildman–Crippen LogP) is 9.91. The van der Waals surface area contributed by atoms with E-state index in [1.807, 2.05) is 48.5 Å². The van der Waals surface area contributed by atoms with Crippen molar-refractivity contribution in [1.82, 2.24) is 5.32 Å². The van der Waals surface area contributed by atoms with Gasteiger partial charge in [-0.2, -0.15) is 18.1 Å².